The third kappa shape index (κ3) is 5.07. The van der Waals surface area contributed by atoms with Crippen molar-refractivity contribution in [3.05, 3.63) is 53.1 Å². The molecule has 0 aliphatic heterocycles. The molecule has 1 aromatic heterocycles. The van der Waals surface area contributed by atoms with Gasteiger partial charge in [-0.3, -0.25) is 0 Å². The molecule has 29 heavy (non-hydrogen) atoms. The summed E-state index contributed by atoms with van der Waals surface area (Å²) in [4.78, 5) is 2.31. The van der Waals surface area contributed by atoms with Crippen LogP contribution in [-0.4, -0.2) is 31.0 Å². The van der Waals surface area contributed by atoms with E-state index in [2.05, 4.69) is 60.1 Å². The van der Waals surface area contributed by atoms with Crippen molar-refractivity contribution in [2.45, 2.75) is 40.2 Å². The fourth-order valence-corrected chi connectivity index (χ4v) is 4.30. The predicted molar refractivity (Wildman–Crippen MR) is 120 cm³/mol. The molecule has 0 saturated carbocycles. The molecule has 0 bridgehead atoms. The summed E-state index contributed by atoms with van der Waals surface area (Å²) < 4.78 is 10.9. The Morgan fingerprint density at radius 2 is 1.76 bits per heavy atom. The second kappa shape index (κ2) is 9.74. The van der Waals surface area contributed by atoms with Gasteiger partial charge in [-0.1, -0.05) is 36.8 Å². The van der Waals surface area contributed by atoms with E-state index in [0.29, 0.717) is 0 Å². The number of hydrogen-bond acceptors (Lipinski definition) is 6. The van der Waals surface area contributed by atoms with Crippen molar-refractivity contribution >= 4 is 16.5 Å². The van der Waals surface area contributed by atoms with Gasteiger partial charge < -0.3 is 14.4 Å². The number of hydrogen-bond donors (Lipinski definition) is 0. The molecule has 0 aliphatic rings. The fraction of sp³-hybridized carbons (Fsp3) is 0.391. The van der Waals surface area contributed by atoms with Gasteiger partial charge in [0.1, 0.15) is 16.5 Å². The number of aryl methyl sites for hydroxylation is 2. The van der Waals surface area contributed by atoms with Gasteiger partial charge in [-0.05, 0) is 61.2 Å². The Labute approximate surface area is 177 Å². The van der Waals surface area contributed by atoms with Crippen LogP contribution in [0, 0.1) is 13.8 Å². The second-order valence-electron chi connectivity index (χ2n) is 7.16. The summed E-state index contributed by atoms with van der Waals surface area (Å²) in [5, 5.41) is 10.9. The molecule has 3 aromatic rings. The second-order valence-corrected chi connectivity index (χ2v) is 8.12. The molecule has 1 heterocycles. The molecule has 0 fully saturated rings. The van der Waals surface area contributed by atoms with Crippen LogP contribution in [0.15, 0.2) is 36.4 Å². The highest BCUT2D eigenvalue weighted by Crippen LogP contribution is 2.34. The van der Waals surface area contributed by atoms with E-state index >= 15 is 0 Å². The highest BCUT2D eigenvalue weighted by atomic mass is 32.1. The zero-order chi connectivity index (χ0) is 20.8. The monoisotopic (exact) mass is 411 g/mol. The van der Waals surface area contributed by atoms with Crippen LogP contribution in [0.5, 0.6) is 11.5 Å². The lowest BCUT2D eigenvalue weighted by Gasteiger charge is -2.21. The van der Waals surface area contributed by atoms with Crippen LogP contribution in [0.25, 0.3) is 10.6 Å². The molecule has 154 valence electrons. The average Bonchev–Trinajstić information content (AvgIpc) is 3.21. The minimum absolute atomic E-state index is 0.784. The molecule has 0 saturated heterocycles. The molecule has 0 radical (unpaired) electrons. The molecule has 0 atom stereocenters. The Morgan fingerprint density at radius 1 is 1.00 bits per heavy atom. The van der Waals surface area contributed by atoms with Gasteiger partial charge in [-0.25, -0.2) is 0 Å². The Kier molecular flexibility index (Phi) is 7.09. The number of methoxy groups -OCH3 is 2. The number of ether oxygens (including phenoxy) is 2. The molecule has 0 N–H and O–H groups in total. The SMILES string of the molecule is CCCCN(Cc1cccc(OC)c1)c1nnc(-c2cc(C)c(OC)c(C)c2)s1. The van der Waals surface area contributed by atoms with Crippen molar-refractivity contribution in [2.75, 3.05) is 25.7 Å². The topological polar surface area (TPSA) is 47.5 Å². The molecular weight excluding hydrogens is 382 g/mol. The zero-order valence-electron chi connectivity index (χ0n) is 17.9. The van der Waals surface area contributed by atoms with Crippen LogP contribution in [0.3, 0.4) is 0 Å². The molecule has 0 aliphatic carbocycles. The average molecular weight is 412 g/mol. The summed E-state index contributed by atoms with van der Waals surface area (Å²) in [5.74, 6) is 1.81. The third-order valence-electron chi connectivity index (χ3n) is 4.89. The van der Waals surface area contributed by atoms with Crippen LogP contribution < -0.4 is 14.4 Å². The molecule has 2 aromatic carbocycles. The van der Waals surface area contributed by atoms with Crippen LogP contribution in [0.4, 0.5) is 5.13 Å². The van der Waals surface area contributed by atoms with Crippen LogP contribution in [-0.2, 0) is 6.54 Å². The van der Waals surface area contributed by atoms with Crippen molar-refractivity contribution in [2.24, 2.45) is 0 Å². The fourth-order valence-electron chi connectivity index (χ4n) is 3.44. The first kappa shape index (κ1) is 21.1. The van der Waals surface area contributed by atoms with Gasteiger partial charge in [-0.2, -0.15) is 0 Å². The quantitative estimate of drug-likeness (QED) is 0.456. The predicted octanol–water partition coefficient (Wildman–Crippen LogP) is 5.65. The number of aromatic nitrogens is 2. The van der Waals surface area contributed by atoms with Gasteiger partial charge in [0.2, 0.25) is 5.13 Å². The maximum atomic E-state index is 5.49. The molecule has 3 rings (SSSR count). The van der Waals surface area contributed by atoms with Gasteiger partial charge in [0.05, 0.1) is 14.2 Å². The first-order valence-corrected chi connectivity index (χ1v) is 10.7. The van der Waals surface area contributed by atoms with E-state index in [1.54, 1.807) is 25.6 Å². The van der Waals surface area contributed by atoms with Gasteiger partial charge in [0, 0.05) is 18.7 Å². The van der Waals surface area contributed by atoms with Gasteiger partial charge in [0.15, 0.2) is 0 Å². The number of unbranched alkanes of at least 4 members (excludes halogenated alkanes) is 1. The molecule has 6 heteroatoms. The molecular formula is C23H29N3O2S. The summed E-state index contributed by atoms with van der Waals surface area (Å²) in [6.07, 6.45) is 2.25. The van der Waals surface area contributed by atoms with Crippen molar-refractivity contribution < 1.29 is 9.47 Å². The minimum Gasteiger partial charge on any atom is -0.497 e. The number of nitrogens with zero attached hydrogens (tertiary/aromatic N) is 3. The van der Waals surface area contributed by atoms with Crippen molar-refractivity contribution in [3.8, 4) is 22.1 Å². The number of rotatable bonds is 9. The van der Waals surface area contributed by atoms with Crippen molar-refractivity contribution in [3.63, 3.8) is 0 Å². The zero-order valence-corrected chi connectivity index (χ0v) is 18.7. The van der Waals surface area contributed by atoms with Gasteiger partial charge >= 0.3 is 0 Å². The summed E-state index contributed by atoms with van der Waals surface area (Å²) in [5.41, 5.74) is 4.51. The molecule has 0 unspecified atom stereocenters. The van der Waals surface area contributed by atoms with E-state index in [4.69, 9.17) is 9.47 Å². The van der Waals surface area contributed by atoms with E-state index < -0.39 is 0 Å². The minimum atomic E-state index is 0.784. The summed E-state index contributed by atoms with van der Waals surface area (Å²) in [7, 11) is 3.41. The van der Waals surface area contributed by atoms with E-state index in [0.717, 1.165) is 64.3 Å². The highest BCUT2D eigenvalue weighted by molar-refractivity contribution is 7.18. The van der Waals surface area contributed by atoms with Crippen LogP contribution in [0.1, 0.15) is 36.5 Å². The van der Waals surface area contributed by atoms with Crippen molar-refractivity contribution in [1.82, 2.24) is 10.2 Å². The normalized spacial score (nSPS) is 10.8. The van der Waals surface area contributed by atoms with E-state index in [-0.39, 0.29) is 0 Å². The smallest absolute Gasteiger partial charge is 0.208 e. The number of anilines is 1. The summed E-state index contributed by atoms with van der Waals surface area (Å²) in [6.45, 7) is 8.06. The lowest BCUT2D eigenvalue weighted by molar-refractivity contribution is 0.408. The maximum Gasteiger partial charge on any atom is 0.208 e. The van der Waals surface area contributed by atoms with Crippen LogP contribution >= 0.6 is 11.3 Å². The largest absolute Gasteiger partial charge is 0.497 e. The van der Waals surface area contributed by atoms with Crippen molar-refractivity contribution in [1.29, 1.82) is 0 Å². The van der Waals surface area contributed by atoms with E-state index in [1.165, 1.54) is 5.56 Å². The summed E-state index contributed by atoms with van der Waals surface area (Å²) >= 11 is 1.64. The van der Waals surface area contributed by atoms with Gasteiger partial charge in [-0.15, -0.1) is 10.2 Å². The lowest BCUT2D eigenvalue weighted by atomic mass is 10.1. The maximum absolute atomic E-state index is 5.49. The molecule has 0 amide bonds. The first-order valence-electron chi connectivity index (χ1n) is 9.92. The Bertz CT molecular complexity index is 932. The van der Waals surface area contributed by atoms with E-state index in [1.807, 2.05) is 12.1 Å². The Balaban J connectivity index is 1.87. The van der Waals surface area contributed by atoms with Gasteiger partial charge in [0.25, 0.3) is 0 Å². The third-order valence-corrected chi connectivity index (χ3v) is 5.92. The van der Waals surface area contributed by atoms with Crippen LogP contribution in [0.2, 0.25) is 0 Å². The number of benzene rings is 2. The van der Waals surface area contributed by atoms with E-state index in [9.17, 15) is 0 Å². The molecule has 5 nitrogen and oxygen atoms in total. The summed E-state index contributed by atoms with van der Waals surface area (Å²) in [6, 6.07) is 12.4. The molecule has 0 spiro atoms. The lowest BCUT2D eigenvalue weighted by Crippen LogP contribution is -2.23. The first-order chi connectivity index (χ1) is 14.0. The Hall–Kier alpha value is -2.60. The standard InChI is InChI=1S/C23H29N3O2S/c1-6-7-11-26(15-18-9-8-10-20(14-18)27-4)23-25-24-22(29-23)19-12-16(2)21(28-5)17(3)13-19/h8-10,12-14H,6-7,11,15H2,1-5H3. The highest BCUT2D eigenvalue weighted by Gasteiger charge is 2.16. The Morgan fingerprint density at radius 3 is 2.41 bits per heavy atom.